The number of hydrogen-bond acceptors (Lipinski definition) is 5. The van der Waals surface area contributed by atoms with Gasteiger partial charge in [0.1, 0.15) is 5.75 Å². The minimum atomic E-state index is 0.0422. The molecule has 0 bridgehead atoms. The van der Waals surface area contributed by atoms with Gasteiger partial charge >= 0.3 is 0 Å². The summed E-state index contributed by atoms with van der Waals surface area (Å²) < 4.78 is 5.24. The van der Waals surface area contributed by atoms with E-state index in [9.17, 15) is 9.59 Å². The van der Waals surface area contributed by atoms with Crippen molar-refractivity contribution in [1.29, 1.82) is 0 Å². The van der Waals surface area contributed by atoms with Gasteiger partial charge in [0.25, 0.3) is 5.91 Å². The van der Waals surface area contributed by atoms with Crippen molar-refractivity contribution < 1.29 is 14.3 Å². The van der Waals surface area contributed by atoms with Crippen LogP contribution in [0.5, 0.6) is 5.75 Å². The van der Waals surface area contributed by atoms with Gasteiger partial charge in [-0.05, 0) is 48.4 Å². The van der Waals surface area contributed by atoms with Crippen molar-refractivity contribution in [3.8, 4) is 5.75 Å². The predicted octanol–water partition coefficient (Wildman–Crippen LogP) is 3.34. The quantitative estimate of drug-likeness (QED) is 0.714. The Labute approximate surface area is 188 Å². The second-order valence-electron chi connectivity index (χ2n) is 8.35. The molecule has 1 aromatic heterocycles. The zero-order chi connectivity index (χ0) is 21.6. The van der Waals surface area contributed by atoms with E-state index in [0.29, 0.717) is 13.1 Å². The number of rotatable bonds is 5. The summed E-state index contributed by atoms with van der Waals surface area (Å²) in [7, 11) is 1.68. The lowest BCUT2D eigenvalue weighted by Crippen LogP contribution is -2.45. The second-order valence-corrected chi connectivity index (χ2v) is 9.29. The summed E-state index contributed by atoms with van der Waals surface area (Å²) in [6.07, 6.45) is 2.53. The molecule has 0 N–H and O–H groups in total. The number of likely N-dealkylation sites (tertiary alicyclic amines) is 1. The first-order chi connectivity index (χ1) is 15.1. The maximum Gasteiger partial charge on any atom is 0.263 e. The van der Waals surface area contributed by atoms with Crippen molar-refractivity contribution in [2.45, 2.75) is 25.8 Å². The number of carbonyl (C=O) groups is 2. The van der Waals surface area contributed by atoms with Crippen LogP contribution in [0.2, 0.25) is 0 Å². The third-order valence-corrected chi connectivity index (χ3v) is 7.19. The number of carbonyl (C=O) groups excluding carboxylic acids is 2. The van der Waals surface area contributed by atoms with Gasteiger partial charge in [0.2, 0.25) is 5.91 Å². The summed E-state index contributed by atoms with van der Waals surface area (Å²) in [4.78, 5) is 32.8. The lowest BCUT2D eigenvalue weighted by molar-refractivity contribution is -0.136. The van der Waals surface area contributed by atoms with Gasteiger partial charge in [-0.25, -0.2) is 0 Å². The molecule has 2 aliphatic heterocycles. The fourth-order valence-corrected chi connectivity index (χ4v) is 5.17. The van der Waals surface area contributed by atoms with Crippen LogP contribution in [0.25, 0.3) is 0 Å². The molecule has 6 nitrogen and oxygen atoms in total. The molecule has 0 unspecified atom stereocenters. The van der Waals surface area contributed by atoms with E-state index in [4.69, 9.17) is 4.74 Å². The Kier molecular flexibility index (Phi) is 7.25. The van der Waals surface area contributed by atoms with Gasteiger partial charge in [0, 0.05) is 51.7 Å². The first-order valence-electron chi connectivity index (χ1n) is 11.1. The van der Waals surface area contributed by atoms with E-state index >= 15 is 0 Å². The number of amides is 2. The normalized spacial score (nSPS) is 18.6. The Morgan fingerprint density at radius 3 is 2.42 bits per heavy atom. The van der Waals surface area contributed by atoms with Gasteiger partial charge in [-0.2, -0.15) is 0 Å². The molecule has 2 amide bonds. The predicted molar refractivity (Wildman–Crippen MR) is 122 cm³/mol. The Morgan fingerprint density at radius 1 is 0.968 bits per heavy atom. The van der Waals surface area contributed by atoms with Crippen molar-refractivity contribution in [2.75, 3.05) is 46.4 Å². The summed E-state index contributed by atoms with van der Waals surface area (Å²) in [5.74, 6) is 1.29. The number of hydrogen-bond donors (Lipinski definition) is 0. The van der Waals surface area contributed by atoms with Crippen molar-refractivity contribution in [2.24, 2.45) is 5.92 Å². The zero-order valence-corrected chi connectivity index (χ0v) is 19.0. The Bertz CT molecular complexity index is 861. The van der Waals surface area contributed by atoms with Crippen LogP contribution in [0, 0.1) is 5.92 Å². The molecule has 2 saturated heterocycles. The molecule has 7 heteroatoms. The molecule has 0 saturated carbocycles. The van der Waals surface area contributed by atoms with Crippen LogP contribution in [0.15, 0.2) is 41.8 Å². The molecule has 0 aliphatic carbocycles. The van der Waals surface area contributed by atoms with Gasteiger partial charge in [-0.15, -0.1) is 11.3 Å². The lowest BCUT2D eigenvalue weighted by atomic mass is 9.95. The smallest absolute Gasteiger partial charge is 0.263 e. The molecule has 0 radical (unpaired) electrons. The van der Waals surface area contributed by atoms with Crippen LogP contribution in [0.4, 0.5) is 0 Å². The summed E-state index contributed by atoms with van der Waals surface area (Å²) in [6.45, 7) is 5.75. The van der Waals surface area contributed by atoms with Crippen LogP contribution in [-0.4, -0.2) is 72.9 Å². The molecule has 2 fully saturated rings. The highest BCUT2D eigenvalue weighted by molar-refractivity contribution is 7.12. The molecule has 3 heterocycles. The van der Waals surface area contributed by atoms with Gasteiger partial charge in [-0.3, -0.25) is 14.5 Å². The second kappa shape index (κ2) is 10.3. The summed E-state index contributed by atoms with van der Waals surface area (Å²) in [6, 6.07) is 12.0. The number of thiophene rings is 1. The van der Waals surface area contributed by atoms with Crippen molar-refractivity contribution >= 4 is 23.2 Å². The summed E-state index contributed by atoms with van der Waals surface area (Å²) >= 11 is 1.48. The summed E-state index contributed by atoms with van der Waals surface area (Å²) in [5.41, 5.74) is 1.27. The van der Waals surface area contributed by atoms with E-state index in [1.807, 2.05) is 34.5 Å². The van der Waals surface area contributed by atoms with E-state index in [2.05, 4.69) is 21.9 Å². The third kappa shape index (κ3) is 5.46. The third-order valence-electron chi connectivity index (χ3n) is 6.33. The van der Waals surface area contributed by atoms with Crippen LogP contribution in [0.1, 0.15) is 34.5 Å². The lowest BCUT2D eigenvalue weighted by Gasteiger charge is -2.34. The van der Waals surface area contributed by atoms with Gasteiger partial charge in [0.15, 0.2) is 0 Å². The number of piperidine rings is 1. The average Bonchev–Trinajstić information content (AvgIpc) is 3.26. The monoisotopic (exact) mass is 441 g/mol. The minimum absolute atomic E-state index is 0.0422. The zero-order valence-electron chi connectivity index (χ0n) is 18.2. The first-order valence-corrected chi connectivity index (χ1v) is 12.0. The fraction of sp³-hybridized carbons (Fsp3) is 0.500. The average molecular weight is 442 g/mol. The maximum absolute atomic E-state index is 13.1. The van der Waals surface area contributed by atoms with Crippen molar-refractivity contribution in [1.82, 2.24) is 14.7 Å². The molecule has 0 atom stereocenters. The first kappa shape index (κ1) is 21.8. The van der Waals surface area contributed by atoms with Gasteiger partial charge in [-0.1, -0.05) is 18.2 Å². The maximum atomic E-state index is 13.1. The highest BCUT2D eigenvalue weighted by atomic mass is 32.1. The van der Waals surface area contributed by atoms with Crippen LogP contribution >= 0.6 is 11.3 Å². The van der Waals surface area contributed by atoms with E-state index in [1.165, 1.54) is 16.9 Å². The largest absolute Gasteiger partial charge is 0.497 e. The van der Waals surface area contributed by atoms with Crippen molar-refractivity contribution in [3.63, 3.8) is 0 Å². The minimum Gasteiger partial charge on any atom is -0.497 e. The van der Waals surface area contributed by atoms with E-state index in [-0.39, 0.29) is 17.7 Å². The highest BCUT2D eigenvalue weighted by Gasteiger charge is 2.31. The van der Waals surface area contributed by atoms with Crippen molar-refractivity contribution in [3.05, 3.63) is 52.2 Å². The van der Waals surface area contributed by atoms with E-state index in [1.54, 1.807) is 7.11 Å². The van der Waals surface area contributed by atoms with E-state index < -0.39 is 0 Å². The van der Waals surface area contributed by atoms with Crippen LogP contribution in [0.3, 0.4) is 0 Å². The number of methoxy groups -OCH3 is 1. The highest BCUT2D eigenvalue weighted by Crippen LogP contribution is 2.23. The number of nitrogens with zero attached hydrogens (tertiary/aromatic N) is 3. The number of ether oxygens (including phenoxy) is 1. The Hall–Kier alpha value is -2.38. The molecular weight excluding hydrogens is 410 g/mol. The molecular formula is C24H31N3O3S. The fourth-order valence-electron chi connectivity index (χ4n) is 4.48. The van der Waals surface area contributed by atoms with Gasteiger partial charge in [0.05, 0.1) is 12.0 Å². The molecule has 166 valence electrons. The van der Waals surface area contributed by atoms with Gasteiger partial charge < -0.3 is 14.5 Å². The molecule has 31 heavy (non-hydrogen) atoms. The Balaban J connectivity index is 1.25. The number of benzene rings is 1. The molecule has 1 aromatic carbocycles. The van der Waals surface area contributed by atoms with Crippen LogP contribution in [-0.2, 0) is 11.3 Å². The van der Waals surface area contributed by atoms with E-state index in [0.717, 1.165) is 62.6 Å². The standard InChI is InChI=1S/C24H31N3O3S/c1-30-21-7-5-19(6-8-21)18-25-11-3-12-26(16-15-25)23(28)20-9-13-27(14-10-20)24(29)22-4-2-17-31-22/h2,4-8,17,20H,3,9-16,18H2,1H3. The SMILES string of the molecule is COc1ccc(CN2CCCN(C(=O)C3CCN(C(=O)c4cccs4)CC3)CC2)cc1. The Morgan fingerprint density at radius 2 is 1.74 bits per heavy atom. The molecule has 0 spiro atoms. The topological polar surface area (TPSA) is 53.1 Å². The molecule has 4 rings (SSSR count). The molecule has 2 aliphatic rings. The molecule has 2 aromatic rings. The summed E-state index contributed by atoms with van der Waals surface area (Å²) in [5, 5.41) is 1.93. The van der Waals surface area contributed by atoms with Crippen LogP contribution < -0.4 is 4.74 Å².